The van der Waals surface area contributed by atoms with Gasteiger partial charge in [-0.15, -0.1) is 0 Å². The molecule has 0 atom stereocenters. The summed E-state index contributed by atoms with van der Waals surface area (Å²) < 4.78 is 0. The number of nitrogens with zero attached hydrogens (tertiary/aromatic N) is 2. The summed E-state index contributed by atoms with van der Waals surface area (Å²) in [6.45, 7) is 6.36. The SMILES string of the molecule is CCCN(CCC)c1ccc(C(=O)NC2CCCC2)cn1. The molecule has 1 N–H and O–H groups in total. The van der Waals surface area contributed by atoms with Crippen molar-refractivity contribution >= 4 is 11.7 Å². The van der Waals surface area contributed by atoms with Gasteiger partial charge in [0.2, 0.25) is 0 Å². The van der Waals surface area contributed by atoms with Gasteiger partial charge in [-0.3, -0.25) is 4.79 Å². The highest BCUT2D eigenvalue weighted by Crippen LogP contribution is 2.18. The van der Waals surface area contributed by atoms with Crippen molar-refractivity contribution in [2.24, 2.45) is 0 Å². The summed E-state index contributed by atoms with van der Waals surface area (Å²) in [6.07, 6.45) is 8.58. The molecule has 0 aromatic carbocycles. The van der Waals surface area contributed by atoms with Crippen molar-refractivity contribution < 1.29 is 4.79 Å². The molecule has 1 saturated carbocycles. The van der Waals surface area contributed by atoms with Gasteiger partial charge in [-0.05, 0) is 37.8 Å². The molecule has 0 radical (unpaired) electrons. The second-order valence-electron chi connectivity index (χ2n) is 5.85. The number of rotatable bonds is 7. The predicted octanol–water partition coefficient (Wildman–Crippen LogP) is 3.38. The minimum Gasteiger partial charge on any atom is -0.357 e. The van der Waals surface area contributed by atoms with Crippen LogP contribution in [0.1, 0.15) is 62.7 Å². The van der Waals surface area contributed by atoms with Gasteiger partial charge in [0.05, 0.1) is 5.56 Å². The maximum Gasteiger partial charge on any atom is 0.253 e. The van der Waals surface area contributed by atoms with E-state index in [1.54, 1.807) is 6.20 Å². The topological polar surface area (TPSA) is 45.2 Å². The molecule has 1 aliphatic carbocycles. The summed E-state index contributed by atoms with van der Waals surface area (Å²) in [5.41, 5.74) is 0.665. The lowest BCUT2D eigenvalue weighted by Gasteiger charge is -2.22. The summed E-state index contributed by atoms with van der Waals surface area (Å²) in [6, 6.07) is 4.22. The van der Waals surface area contributed by atoms with Crippen molar-refractivity contribution in [2.45, 2.75) is 58.4 Å². The van der Waals surface area contributed by atoms with Crippen LogP contribution in [0.5, 0.6) is 0 Å². The van der Waals surface area contributed by atoms with E-state index in [1.165, 1.54) is 12.8 Å². The molecule has 1 amide bonds. The second-order valence-corrected chi connectivity index (χ2v) is 5.85. The van der Waals surface area contributed by atoms with Crippen LogP contribution in [0.15, 0.2) is 18.3 Å². The Labute approximate surface area is 127 Å². The fourth-order valence-electron chi connectivity index (χ4n) is 2.93. The van der Waals surface area contributed by atoms with Crippen LogP contribution in [0.2, 0.25) is 0 Å². The normalized spacial score (nSPS) is 15.1. The van der Waals surface area contributed by atoms with Crippen LogP contribution in [-0.4, -0.2) is 30.0 Å². The van der Waals surface area contributed by atoms with Crippen LogP contribution in [0.25, 0.3) is 0 Å². The fourth-order valence-corrected chi connectivity index (χ4v) is 2.93. The lowest BCUT2D eigenvalue weighted by atomic mass is 10.2. The summed E-state index contributed by atoms with van der Waals surface area (Å²) in [4.78, 5) is 18.9. The molecule has 1 aliphatic rings. The predicted molar refractivity (Wildman–Crippen MR) is 86.8 cm³/mol. The number of hydrogen-bond acceptors (Lipinski definition) is 3. The lowest BCUT2D eigenvalue weighted by Crippen LogP contribution is -2.32. The van der Waals surface area contributed by atoms with Crippen molar-refractivity contribution in [2.75, 3.05) is 18.0 Å². The average Bonchev–Trinajstić information content (AvgIpc) is 3.00. The van der Waals surface area contributed by atoms with Crippen LogP contribution < -0.4 is 10.2 Å². The zero-order valence-electron chi connectivity index (χ0n) is 13.3. The Balaban J connectivity index is 1.97. The molecule has 2 rings (SSSR count). The van der Waals surface area contributed by atoms with E-state index in [0.717, 1.165) is 44.6 Å². The summed E-state index contributed by atoms with van der Waals surface area (Å²) in [7, 11) is 0. The summed E-state index contributed by atoms with van der Waals surface area (Å²) in [5.74, 6) is 0.981. The number of amides is 1. The number of pyridine rings is 1. The molecule has 1 aromatic rings. The van der Waals surface area contributed by atoms with Crippen LogP contribution in [0.3, 0.4) is 0 Å². The first-order chi connectivity index (χ1) is 10.2. The largest absolute Gasteiger partial charge is 0.357 e. The van der Waals surface area contributed by atoms with Crippen LogP contribution >= 0.6 is 0 Å². The van der Waals surface area contributed by atoms with Gasteiger partial charge in [-0.1, -0.05) is 26.7 Å². The first-order valence-corrected chi connectivity index (χ1v) is 8.26. The minimum atomic E-state index is 0.0125. The minimum absolute atomic E-state index is 0.0125. The number of hydrogen-bond donors (Lipinski definition) is 1. The fraction of sp³-hybridized carbons (Fsp3) is 0.647. The molecule has 116 valence electrons. The third kappa shape index (κ3) is 4.45. The molecule has 1 aromatic heterocycles. The third-order valence-corrected chi connectivity index (χ3v) is 4.01. The Bertz CT molecular complexity index is 432. The molecule has 0 unspecified atom stereocenters. The Morgan fingerprint density at radius 3 is 2.43 bits per heavy atom. The van der Waals surface area contributed by atoms with E-state index in [1.807, 2.05) is 12.1 Å². The number of nitrogens with one attached hydrogen (secondary N) is 1. The molecular formula is C17H27N3O. The number of anilines is 1. The Kier molecular flexibility index (Phi) is 6.03. The Morgan fingerprint density at radius 2 is 1.90 bits per heavy atom. The monoisotopic (exact) mass is 289 g/mol. The van der Waals surface area contributed by atoms with E-state index in [2.05, 4.69) is 29.0 Å². The lowest BCUT2D eigenvalue weighted by molar-refractivity contribution is 0.0937. The zero-order chi connectivity index (χ0) is 15.1. The van der Waals surface area contributed by atoms with Gasteiger partial charge in [-0.2, -0.15) is 0 Å². The van der Waals surface area contributed by atoms with Crippen molar-refractivity contribution in [3.8, 4) is 0 Å². The highest BCUT2D eigenvalue weighted by Gasteiger charge is 2.18. The summed E-state index contributed by atoms with van der Waals surface area (Å²) in [5, 5.41) is 3.10. The molecule has 1 heterocycles. The number of carbonyl (C=O) groups excluding carboxylic acids is 1. The number of carbonyl (C=O) groups is 1. The average molecular weight is 289 g/mol. The van der Waals surface area contributed by atoms with Crippen LogP contribution in [-0.2, 0) is 0 Å². The first kappa shape index (κ1) is 15.8. The van der Waals surface area contributed by atoms with Gasteiger partial charge in [-0.25, -0.2) is 4.98 Å². The molecule has 0 aliphatic heterocycles. The van der Waals surface area contributed by atoms with Gasteiger partial charge in [0.15, 0.2) is 0 Å². The highest BCUT2D eigenvalue weighted by atomic mass is 16.1. The van der Waals surface area contributed by atoms with Gasteiger partial charge in [0, 0.05) is 25.3 Å². The smallest absolute Gasteiger partial charge is 0.253 e. The van der Waals surface area contributed by atoms with Crippen LogP contribution in [0.4, 0.5) is 5.82 Å². The molecule has 4 heteroatoms. The van der Waals surface area contributed by atoms with Crippen molar-refractivity contribution in [3.05, 3.63) is 23.9 Å². The van der Waals surface area contributed by atoms with Gasteiger partial charge >= 0.3 is 0 Å². The van der Waals surface area contributed by atoms with E-state index in [9.17, 15) is 4.79 Å². The van der Waals surface area contributed by atoms with Crippen LogP contribution in [0, 0.1) is 0 Å². The van der Waals surface area contributed by atoms with E-state index in [-0.39, 0.29) is 5.91 Å². The third-order valence-electron chi connectivity index (χ3n) is 4.01. The zero-order valence-corrected chi connectivity index (χ0v) is 13.3. The molecular weight excluding hydrogens is 262 g/mol. The number of aromatic nitrogens is 1. The van der Waals surface area contributed by atoms with Gasteiger partial charge < -0.3 is 10.2 Å². The molecule has 0 bridgehead atoms. The molecule has 0 saturated heterocycles. The molecule has 4 nitrogen and oxygen atoms in total. The molecule has 0 spiro atoms. The summed E-state index contributed by atoms with van der Waals surface area (Å²) >= 11 is 0. The van der Waals surface area contributed by atoms with E-state index >= 15 is 0 Å². The van der Waals surface area contributed by atoms with Crippen molar-refractivity contribution in [1.29, 1.82) is 0 Å². The quantitative estimate of drug-likeness (QED) is 0.837. The van der Waals surface area contributed by atoms with E-state index < -0.39 is 0 Å². The molecule has 21 heavy (non-hydrogen) atoms. The van der Waals surface area contributed by atoms with Gasteiger partial charge in [0.25, 0.3) is 5.91 Å². The second kappa shape index (κ2) is 8.01. The van der Waals surface area contributed by atoms with Crippen molar-refractivity contribution in [3.63, 3.8) is 0 Å². The Hall–Kier alpha value is -1.58. The first-order valence-electron chi connectivity index (χ1n) is 8.26. The maximum atomic E-state index is 12.2. The molecule has 1 fully saturated rings. The van der Waals surface area contributed by atoms with E-state index in [0.29, 0.717) is 11.6 Å². The highest BCUT2D eigenvalue weighted by molar-refractivity contribution is 5.94. The maximum absolute atomic E-state index is 12.2. The van der Waals surface area contributed by atoms with Crippen molar-refractivity contribution in [1.82, 2.24) is 10.3 Å². The van der Waals surface area contributed by atoms with Gasteiger partial charge in [0.1, 0.15) is 5.82 Å². The standard InChI is InChI=1S/C17H27N3O/c1-3-11-20(12-4-2)16-10-9-14(13-18-16)17(21)19-15-7-5-6-8-15/h9-10,13,15H,3-8,11-12H2,1-2H3,(H,19,21). The van der Waals surface area contributed by atoms with E-state index in [4.69, 9.17) is 0 Å². The Morgan fingerprint density at radius 1 is 1.24 bits per heavy atom.